The van der Waals surface area contributed by atoms with Gasteiger partial charge in [0, 0.05) is 29.3 Å². The summed E-state index contributed by atoms with van der Waals surface area (Å²) in [7, 11) is 0. The van der Waals surface area contributed by atoms with Gasteiger partial charge in [0.05, 0.1) is 12.1 Å². The molecular formula is C24H22N7O+. The molecule has 8 nitrogen and oxygen atoms in total. The summed E-state index contributed by atoms with van der Waals surface area (Å²) in [5.41, 5.74) is 12.7. The van der Waals surface area contributed by atoms with Crippen molar-refractivity contribution in [3.05, 3.63) is 94.4 Å². The summed E-state index contributed by atoms with van der Waals surface area (Å²) in [4.78, 5) is 25.0. The number of nitrogens with one attached hydrogen (secondary N) is 1. The van der Waals surface area contributed by atoms with Crippen LogP contribution in [-0.2, 0) is 6.54 Å². The fourth-order valence-corrected chi connectivity index (χ4v) is 3.98. The van der Waals surface area contributed by atoms with Crippen LogP contribution in [0.4, 0.5) is 5.95 Å². The molecule has 32 heavy (non-hydrogen) atoms. The monoisotopic (exact) mass is 424 g/mol. The zero-order valence-corrected chi connectivity index (χ0v) is 17.8. The molecule has 0 aliphatic rings. The average molecular weight is 424 g/mol. The number of H-pyrrole nitrogens is 1. The number of fused-ring (bicyclic) bond motifs is 1. The number of pyridine rings is 2. The molecule has 5 aromatic rings. The van der Waals surface area contributed by atoms with Gasteiger partial charge in [0.1, 0.15) is 5.69 Å². The number of rotatable bonds is 4. The number of hydrogen-bond acceptors (Lipinski definition) is 5. The van der Waals surface area contributed by atoms with Gasteiger partial charge in [-0.15, -0.1) is 9.50 Å². The van der Waals surface area contributed by atoms with Crippen molar-refractivity contribution >= 4 is 11.6 Å². The predicted octanol–water partition coefficient (Wildman–Crippen LogP) is 2.68. The molecule has 0 amide bonds. The molecular weight excluding hydrogens is 402 g/mol. The van der Waals surface area contributed by atoms with Gasteiger partial charge in [-0.05, 0) is 49.2 Å². The number of aryl methyl sites for hydroxylation is 2. The van der Waals surface area contributed by atoms with E-state index in [9.17, 15) is 4.79 Å². The van der Waals surface area contributed by atoms with Gasteiger partial charge in [0.2, 0.25) is 5.65 Å². The van der Waals surface area contributed by atoms with Crippen molar-refractivity contribution in [2.24, 2.45) is 0 Å². The second-order valence-corrected chi connectivity index (χ2v) is 7.72. The third-order valence-corrected chi connectivity index (χ3v) is 5.32. The summed E-state index contributed by atoms with van der Waals surface area (Å²) in [6.45, 7) is 4.22. The molecule has 3 N–H and O–H groups in total. The molecule has 1 aromatic carbocycles. The Balaban J connectivity index is 1.84. The predicted molar refractivity (Wildman–Crippen MR) is 122 cm³/mol. The van der Waals surface area contributed by atoms with E-state index in [1.54, 1.807) is 12.4 Å². The SMILES string of the molecule is Cc1cc(-c2c(-c3ccccc3)[nH+]c(N)n3c(=O)n(Cc4ccncc4)nc23)cc(C)n1. The van der Waals surface area contributed by atoms with Crippen LogP contribution in [0.2, 0.25) is 0 Å². The topological polar surface area (TPSA) is 105 Å². The van der Waals surface area contributed by atoms with E-state index in [0.717, 1.165) is 39.3 Å². The first-order valence-electron chi connectivity index (χ1n) is 10.3. The highest BCUT2D eigenvalue weighted by Crippen LogP contribution is 2.32. The summed E-state index contributed by atoms with van der Waals surface area (Å²) < 4.78 is 2.85. The second kappa shape index (κ2) is 7.73. The lowest BCUT2D eigenvalue weighted by atomic mass is 9.99. The number of anilines is 1. The lowest BCUT2D eigenvalue weighted by Crippen LogP contribution is -2.28. The quantitative estimate of drug-likeness (QED) is 0.478. The van der Waals surface area contributed by atoms with Gasteiger partial charge < -0.3 is 0 Å². The van der Waals surface area contributed by atoms with Crippen LogP contribution in [-0.4, -0.2) is 24.1 Å². The van der Waals surface area contributed by atoms with Crippen LogP contribution in [0.15, 0.2) is 71.8 Å². The molecule has 4 heterocycles. The highest BCUT2D eigenvalue weighted by molar-refractivity contribution is 5.88. The van der Waals surface area contributed by atoms with Crippen molar-refractivity contribution < 1.29 is 4.98 Å². The first kappa shape index (κ1) is 19.6. The first-order chi connectivity index (χ1) is 15.5. The van der Waals surface area contributed by atoms with Crippen LogP contribution in [0.25, 0.3) is 28.0 Å². The minimum absolute atomic E-state index is 0.219. The lowest BCUT2D eigenvalue weighted by Gasteiger charge is -2.10. The molecule has 0 spiro atoms. The molecule has 0 atom stereocenters. The van der Waals surface area contributed by atoms with Crippen LogP contribution in [0.1, 0.15) is 17.0 Å². The highest BCUT2D eigenvalue weighted by Gasteiger charge is 2.26. The van der Waals surface area contributed by atoms with E-state index < -0.39 is 0 Å². The van der Waals surface area contributed by atoms with Crippen LogP contribution in [0, 0.1) is 13.8 Å². The number of benzene rings is 1. The Bertz CT molecular complexity index is 1470. The molecule has 4 aromatic heterocycles. The van der Waals surface area contributed by atoms with Gasteiger partial charge in [-0.1, -0.05) is 30.3 Å². The van der Waals surface area contributed by atoms with Gasteiger partial charge >= 0.3 is 11.6 Å². The summed E-state index contributed by atoms with van der Waals surface area (Å²) in [6.07, 6.45) is 3.39. The Labute approximate surface area is 184 Å². The van der Waals surface area contributed by atoms with E-state index in [1.807, 2.05) is 68.4 Å². The van der Waals surface area contributed by atoms with Crippen molar-refractivity contribution in [3.8, 4) is 22.4 Å². The lowest BCUT2D eigenvalue weighted by molar-refractivity contribution is -0.351. The van der Waals surface area contributed by atoms with Crippen molar-refractivity contribution in [2.45, 2.75) is 20.4 Å². The van der Waals surface area contributed by atoms with Crippen LogP contribution in [0.5, 0.6) is 0 Å². The normalized spacial score (nSPS) is 11.2. The molecule has 0 aliphatic heterocycles. The molecule has 0 aliphatic carbocycles. The smallest absolute Gasteiger partial charge is 0.290 e. The number of aromatic amines is 1. The number of nitrogens with two attached hydrogens (primary N) is 1. The molecule has 0 radical (unpaired) electrons. The molecule has 0 saturated carbocycles. The van der Waals surface area contributed by atoms with Gasteiger partial charge in [0.25, 0.3) is 0 Å². The van der Waals surface area contributed by atoms with Crippen LogP contribution >= 0.6 is 0 Å². The number of aromatic nitrogens is 6. The minimum atomic E-state index is -0.311. The third kappa shape index (κ3) is 3.41. The van der Waals surface area contributed by atoms with Crippen molar-refractivity contribution in [3.63, 3.8) is 0 Å². The van der Waals surface area contributed by atoms with Gasteiger partial charge in [-0.25, -0.2) is 9.78 Å². The van der Waals surface area contributed by atoms with Crippen LogP contribution in [0.3, 0.4) is 0 Å². The molecule has 8 heteroatoms. The number of nitrogen functional groups attached to an aromatic ring is 1. The Morgan fingerprint density at radius 2 is 1.66 bits per heavy atom. The maximum atomic E-state index is 13.3. The maximum absolute atomic E-state index is 13.3. The summed E-state index contributed by atoms with van der Waals surface area (Å²) in [6, 6.07) is 17.6. The fraction of sp³-hybridized carbons (Fsp3) is 0.125. The minimum Gasteiger partial charge on any atom is -0.290 e. The Morgan fingerprint density at radius 1 is 0.969 bits per heavy atom. The van der Waals surface area contributed by atoms with E-state index in [2.05, 4.69) is 15.0 Å². The van der Waals surface area contributed by atoms with Crippen LogP contribution < -0.4 is 16.4 Å². The molecule has 158 valence electrons. The maximum Gasteiger partial charge on any atom is 0.411 e. The summed E-state index contributed by atoms with van der Waals surface area (Å²) in [5.74, 6) is 0.219. The van der Waals surface area contributed by atoms with Crippen molar-refractivity contribution in [2.75, 3.05) is 5.73 Å². The Morgan fingerprint density at radius 3 is 2.34 bits per heavy atom. The van der Waals surface area contributed by atoms with E-state index in [0.29, 0.717) is 12.2 Å². The van der Waals surface area contributed by atoms with E-state index in [4.69, 9.17) is 10.8 Å². The summed E-state index contributed by atoms with van der Waals surface area (Å²) >= 11 is 0. The van der Waals surface area contributed by atoms with Crippen molar-refractivity contribution in [1.82, 2.24) is 24.1 Å². The molecule has 0 unspecified atom stereocenters. The van der Waals surface area contributed by atoms with Gasteiger partial charge in [-0.2, -0.15) is 4.68 Å². The molecule has 0 saturated heterocycles. The van der Waals surface area contributed by atoms with E-state index in [-0.39, 0.29) is 11.6 Å². The largest absolute Gasteiger partial charge is 0.411 e. The Hall–Kier alpha value is -4.33. The highest BCUT2D eigenvalue weighted by atomic mass is 16.2. The molecule has 5 rings (SSSR count). The third-order valence-electron chi connectivity index (χ3n) is 5.32. The molecule has 0 bridgehead atoms. The average Bonchev–Trinajstić information content (AvgIpc) is 3.10. The second-order valence-electron chi connectivity index (χ2n) is 7.72. The van der Waals surface area contributed by atoms with Gasteiger partial charge in [-0.3, -0.25) is 15.7 Å². The standard InChI is InChI=1S/C24H21N7O/c1-15-12-19(13-16(2)27-15)20-21(18-6-4-3-5-7-18)28-23(25)31-22(20)29-30(24(31)32)14-17-8-10-26-11-9-17/h3-13H,14H2,1-2H3,(H2,25,28)/p+1. The Kier molecular flexibility index (Phi) is 4.74. The first-order valence-corrected chi connectivity index (χ1v) is 10.3. The van der Waals surface area contributed by atoms with E-state index >= 15 is 0 Å². The van der Waals surface area contributed by atoms with Gasteiger partial charge in [0.15, 0.2) is 0 Å². The summed E-state index contributed by atoms with van der Waals surface area (Å²) in [5, 5.41) is 4.72. The van der Waals surface area contributed by atoms with E-state index in [1.165, 1.54) is 9.08 Å². The molecule has 0 fully saturated rings. The number of hydrogen-bond donors (Lipinski definition) is 1. The van der Waals surface area contributed by atoms with Crippen molar-refractivity contribution in [1.29, 1.82) is 0 Å². The zero-order valence-electron chi connectivity index (χ0n) is 17.8. The number of nitrogens with zero attached hydrogens (tertiary/aromatic N) is 5. The zero-order chi connectivity index (χ0) is 22.2. The fourth-order valence-electron chi connectivity index (χ4n) is 3.98.